The molecule has 0 heterocycles. The summed E-state index contributed by atoms with van der Waals surface area (Å²) < 4.78 is 5.66. The molecule has 0 aromatic heterocycles. The van der Waals surface area contributed by atoms with Crippen LogP contribution in [0.3, 0.4) is 0 Å². The van der Waals surface area contributed by atoms with Crippen LogP contribution < -0.4 is 4.74 Å². The number of hydrogen-bond donors (Lipinski definition) is 10. The number of benzene rings is 1. The molecule has 0 aliphatic rings. The van der Waals surface area contributed by atoms with Gasteiger partial charge in [0.05, 0.1) is 52.4 Å². The minimum absolute atomic E-state index is 0.0458. The van der Waals surface area contributed by atoms with Gasteiger partial charge in [-0.05, 0) is 24.1 Å². The lowest BCUT2D eigenvalue weighted by atomic mass is 10.0. The molecular formula is C36H52N6O21. The highest BCUT2D eigenvalue weighted by atomic mass is 16.5. The predicted molar refractivity (Wildman–Crippen MR) is 208 cm³/mol. The largest absolute Gasteiger partial charge is 0.491 e. The summed E-state index contributed by atoms with van der Waals surface area (Å²) in [4.78, 5) is 123. The first-order valence-electron chi connectivity index (χ1n) is 18.7. The van der Waals surface area contributed by atoms with Crippen molar-refractivity contribution in [3.8, 4) is 5.75 Å². The molecule has 1 aromatic carbocycles. The van der Waals surface area contributed by atoms with Gasteiger partial charge in [0, 0.05) is 52.4 Å². The summed E-state index contributed by atoms with van der Waals surface area (Å²) in [6.07, 6.45) is -0.257. The zero-order valence-corrected chi connectivity index (χ0v) is 33.8. The summed E-state index contributed by atoms with van der Waals surface area (Å²) in [5.74, 6) is -13.8. The van der Waals surface area contributed by atoms with Crippen LogP contribution in [0.4, 0.5) is 0 Å². The van der Waals surface area contributed by atoms with E-state index in [9.17, 15) is 88.8 Å². The van der Waals surface area contributed by atoms with Crippen molar-refractivity contribution in [2.75, 3.05) is 111 Å². The van der Waals surface area contributed by atoms with Crippen LogP contribution in [0.25, 0.3) is 0 Å². The minimum atomic E-state index is -1.63. The molecule has 0 spiro atoms. The molecule has 0 amide bonds. The molecule has 0 aliphatic carbocycles. The van der Waals surface area contributed by atoms with Crippen molar-refractivity contribution < 1.29 is 104 Å². The van der Waals surface area contributed by atoms with E-state index in [0.29, 0.717) is 5.56 Å². The highest BCUT2D eigenvalue weighted by Crippen LogP contribution is 2.17. The molecule has 0 saturated carbocycles. The monoisotopic (exact) mass is 904 g/mol. The first-order chi connectivity index (χ1) is 29.4. The van der Waals surface area contributed by atoms with Crippen LogP contribution in [0.15, 0.2) is 24.3 Å². The number of carbonyl (C=O) groups is 10. The lowest BCUT2D eigenvalue weighted by Crippen LogP contribution is -2.51. The number of ether oxygens (including phenoxy) is 1. The van der Waals surface area contributed by atoms with Gasteiger partial charge in [-0.3, -0.25) is 77.3 Å². The van der Waals surface area contributed by atoms with E-state index in [0.717, 1.165) is 19.6 Å². The molecule has 2 unspecified atom stereocenters. The zero-order chi connectivity index (χ0) is 47.8. The van der Waals surface area contributed by atoms with Gasteiger partial charge in [0.25, 0.3) is 0 Å². The molecule has 27 nitrogen and oxygen atoms in total. The smallest absolute Gasteiger partial charge is 0.324 e. The average Bonchev–Trinajstić information content (AvgIpc) is 3.13. The van der Waals surface area contributed by atoms with Crippen LogP contribution in [0.2, 0.25) is 0 Å². The van der Waals surface area contributed by atoms with Crippen molar-refractivity contribution in [2.24, 2.45) is 0 Å². The summed E-state index contributed by atoms with van der Waals surface area (Å²) in [5, 5.41) is 94.4. The first kappa shape index (κ1) is 54.5. The second kappa shape index (κ2) is 28.2. The maximum absolute atomic E-state index is 12.6. The Morgan fingerprint density at radius 3 is 1.03 bits per heavy atom. The molecule has 0 radical (unpaired) electrons. The van der Waals surface area contributed by atoms with E-state index in [-0.39, 0.29) is 64.5 Å². The third-order valence-corrected chi connectivity index (χ3v) is 8.91. The Kier molecular flexibility index (Phi) is 24.4. The summed E-state index contributed by atoms with van der Waals surface area (Å²) >= 11 is 0. The molecule has 63 heavy (non-hydrogen) atoms. The van der Waals surface area contributed by atoms with Crippen molar-refractivity contribution >= 4 is 59.7 Å². The number of hydrogen-bond acceptors (Lipinski definition) is 17. The fraction of sp³-hybridized carbons (Fsp3) is 0.556. The van der Waals surface area contributed by atoms with Crippen molar-refractivity contribution in [3.05, 3.63) is 29.8 Å². The molecule has 1 rings (SSSR count). The molecule has 1 aromatic rings. The molecule has 0 aliphatic heterocycles. The topological polar surface area (TPSA) is 402 Å². The van der Waals surface area contributed by atoms with Gasteiger partial charge in [0.2, 0.25) is 0 Å². The third kappa shape index (κ3) is 24.5. The van der Waals surface area contributed by atoms with Crippen LogP contribution in [-0.2, 0) is 54.4 Å². The Morgan fingerprint density at radius 1 is 0.381 bits per heavy atom. The standard InChI is InChI=1S/C36H52N6O21/c43-27(44)14-37(5-6-38(15-28(45)46)16-29(47)48)7-12-42(21-34(57)58)26(36(61)62)22-63-24-3-1-23(2-4-24)13-25(35(59)60)41(10-8-39(17-30(49)50)18-31(51)52)11-9-40(19-32(53)54)20-33(55)56/h1-4,25-26H,5-22H2,(H,43,44)(H,45,46)(H,47,48)(H,49,50)(H,51,52)(H,53,54)(H,55,56)(H,57,58)(H,59,60)(H,61,62). The van der Waals surface area contributed by atoms with Gasteiger partial charge in [0.15, 0.2) is 0 Å². The van der Waals surface area contributed by atoms with E-state index >= 15 is 0 Å². The number of aliphatic carboxylic acids is 10. The van der Waals surface area contributed by atoms with E-state index in [2.05, 4.69) is 0 Å². The SMILES string of the molecule is O=C(O)CN(CCN(CC(=O)O)CC(=O)O)CCN(CC(=O)O)C(COc1ccc(CC(C(=O)O)N(CCN(CC(=O)O)CC(=O)O)CCN(CC(=O)O)CC(=O)O)cc1)C(=O)O. The average molecular weight is 905 g/mol. The predicted octanol–water partition coefficient (Wildman–Crippen LogP) is -4.00. The van der Waals surface area contributed by atoms with Crippen LogP contribution in [-0.4, -0.2) is 264 Å². The molecule has 352 valence electrons. The Labute approximate surface area is 358 Å². The van der Waals surface area contributed by atoms with Gasteiger partial charge >= 0.3 is 59.7 Å². The van der Waals surface area contributed by atoms with Crippen LogP contribution in [0.1, 0.15) is 5.56 Å². The van der Waals surface area contributed by atoms with Crippen LogP contribution in [0, 0.1) is 0 Å². The Balaban J connectivity index is 3.27. The third-order valence-electron chi connectivity index (χ3n) is 8.91. The van der Waals surface area contributed by atoms with Gasteiger partial charge < -0.3 is 55.8 Å². The number of carboxylic acid groups (broad SMARTS) is 10. The fourth-order valence-electron chi connectivity index (χ4n) is 6.11. The quantitative estimate of drug-likeness (QED) is 0.0304. The molecule has 0 fully saturated rings. The normalized spacial score (nSPS) is 12.4. The van der Waals surface area contributed by atoms with Crippen molar-refractivity contribution in [1.82, 2.24) is 29.4 Å². The lowest BCUT2D eigenvalue weighted by Gasteiger charge is -2.32. The van der Waals surface area contributed by atoms with E-state index in [1.165, 1.54) is 34.1 Å². The van der Waals surface area contributed by atoms with E-state index in [4.69, 9.17) is 14.9 Å². The highest BCUT2D eigenvalue weighted by Gasteiger charge is 2.31. The zero-order valence-electron chi connectivity index (χ0n) is 33.8. The Hall–Kier alpha value is -6.52. The van der Waals surface area contributed by atoms with E-state index < -0.39 is 131 Å². The summed E-state index contributed by atoms with van der Waals surface area (Å²) in [6.45, 7) is -8.37. The number of carboxylic acids is 10. The fourth-order valence-corrected chi connectivity index (χ4v) is 6.11. The number of nitrogens with zero attached hydrogens (tertiary/aromatic N) is 6. The van der Waals surface area contributed by atoms with Gasteiger partial charge in [-0.15, -0.1) is 0 Å². The molecule has 0 bridgehead atoms. The van der Waals surface area contributed by atoms with Crippen LogP contribution >= 0.6 is 0 Å². The van der Waals surface area contributed by atoms with E-state index in [1.54, 1.807) is 0 Å². The van der Waals surface area contributed by atoms with Gasteiger partial charge in [-0.1, -0.05) is 12.1 Å². The lowest BCUT2D eigenvalue weighted by molar-refractivity contribution is -0.148. The summed E-state index contributed by atoms with van der Waals surface area (Å²) in [5.41, 5.74) is 0.353. The molecule has 2 atom stereocenters. The molecular weight excluding hydrogens is 852 g/mol. The molecule has 0 saturated heterocycles. The maximum atomic E-state index is 12.6. The van der Waals surface area contributed by atoms with Gasteiger partial charge in [-0.25, -0.2) is 0 Å². The Bertz CT molecular complexity index is 1660. The van der Waals surface area contributed by atoms with E-state index in [1.807, 2.05) is 0 Å². The van der Waals surface area contributed by atoms with Gasteiger partial charge in [-0.2, -0.15) is 0 Å². The maximum Gasteiger partial charge on any atom is 0.324 e. The summed E-state index contributed by atoms with van der Waals surface area (Å²) in [7, 11) is 0. The first-order valence-corrected chi connectivity index (χ1v) is 18.7. The number of rotatable bonds is 37. The van der Waals surface area contributed by atoms with Crippen molar-refractivity contribution in [1.29, 1.82) is 0 Å². The van der Waals surface area contributed by atoms with Gasteiger partial charge in [0.1, 0.15) is 24.4 Å². The van der Waals surface area contributed by atoms with Crippen molar-refractivity contribution in [2.45, 2.75) is 18.5 Å². The molecule has 10 N–H and O–H groups in total. The summed E-state index contributed by atoms with van der Waals surface area (Å²) in [6, 6.07) is 2.48. The van der Waals surface area contributed by atoms with Crippen LogP contribution in [0.5, 0.6) is 5.75 Å². The molecule has 27 heteroatoms. The minimum Gasteiger partial charge on any atom is -0.491 e. The second-order valence-electron chi connectivity index (χ2n) is 13.9. The Morgan fingerprint density at radius 2 is 0.683 bits per heavy atom. The highest BCUT2D eigenvalue weighted by molar-refractivity contribution is 5.76. The second-order valence-corrected chi connectivity index (χ2v) is 13.9. The van der Waals surface area contributed by atoms with Crippen molar-refractivity contribution in [3.63, 3.8) is 0 Å².